The van der Waals surface area contributed by atoms with Crippen molar-refractivity contribution in [1.29, 1.82) is 0 Å². The monoisotopic (exact) mass is 345 g/mol. The van der Waals surface area contributed by atoms with Crippen LogP contribution in [0.25, 0.3) is 0 Å². The first kappa shape index (κ1) is 17.4. The van der Waals surface area contributed by atoms with Crippen LogP contribution in [0.1, 0.15) is 24.1 Å². The summed E-state index contributed by atoms with van der Waals surface area (Å²) in [7, 11) is 2.01. The number of aliphatic hydroxyl groups is 1. The molecule has 24 heavy (non-hydrogen) atoms. The van der Waals surface area contributed by atoms with Crippen LogP contribution >= 0.6 is 0 Å². The van der Waals surface area contributed by atoms with Crippen LogP contribution in [0.3, 0.4) is 0 Å². The van der Waals surface area contributed by atoms with E-state index in [2.05, 4.69) is 9.88 Å². The molecule has 0 amide bonds. The van der Waals surface area contributed by atoms with E-state index in [0.29, 0.717) is 25.2 Å². The number of pyridine rings is 1. The number of alkyl halides is 3. The maximum atomic E-state index is 13.1. The maximum absolute atomic E-state index is 13.1. The number of piperidine rings is 1. The molecule has 2 aliphatic rings. The molecular formula is C16H22F3N3O2. The van der Waals surface area contributed by atoms with E-state index in [4.69, 9.17) is 4.74 Å². The van der Waals surface area contributed by atoms with E-state index >= 15 is 0 Å². The average Bonchev–Trinajstić information content (AvgIpc) is 2.47. The van der Waals surface area contributed by atoms with Crippen molar-refractivity contribution >= 4 is 0 Å². The summed E-state index contributed by atoms with van der Waals surface area (Å²) in [6, 6.07) is 2.64. The second-order valence-electron chi connectivity index (χ2n) is 6.67. The van der Waals surface area contributed by atoms with Crippen LogP contribution < -0.4 is 4.74 Å². The molecule has 5 nitrogen and oxygen atoms in total. The maximum Gasteiger partial charge on any atom is 0.433 e. The van der Waals surface area contributed by atoms with Crippen LogP contribution in [0.5, 0.6) is 5.88 Å². The fourth-order valence-electron chi connectivity index (χ4n) is 3.06. The number of likely N-dealkylation sites (tertiary alicyclic amines) is 2. The molecule has 1 aromatic heterocycles. The molecule has 3 rings (SSSR count). The summed E-state index contributed by atoms with van der Waals surface area (Å²) in [5.41, 5.74) is -0.420. The van der Waals surface area contributed by atoms with Gasteiger partial charge in [0.15, 0.2) is 0 Å². The van der Waals surface area contributed by atoms with E-state index in [-0.39, 0.29) is 18.1 Å². The van der Waals surface area contributed by atoms with Crippen LogP contribution in [0.2, 0.25) is 0 Å². The van der Waals surface area contributed by atoms with Crippen molar-refractivity contribution in [3.63, 3.8) is 0 Å². The van der Waals surface area contributed by atoms with Crippen molar-refractivity contribution in [3.05, 3.63) is 23.4 Å². The first-order chi connectivity index (χ1) is 11.3. The van der Waals surface area contributed by atoms with Gasteiger partial charge >= 0.3 is 6.18 Å². The smallest absolute Gasteiger partial charge is 0.433 e. The van der Waals surface area contributed by atoms with Gasteiger partial charge in [-0.2, -0.15) is 13.2 Å². The largest absolute Gasteiger partial charge is 0.474 e. The van der Waals surface area contributed by atoms with Crippen LogP contribution in [0, 0.1) is 0 Å². The van der Waals surface area contributed by atoms with Gasteiger partial charge in [-0.15, -0.1) is 0 Å². The molecule has 0 atom stereocenters. The van der Waals surface area contributed by atoms with Crippen molar-refractivity contribution in [2.75, 3.05) is 33.2 Å². The molecule has 2 fully saturated rings. The molecule has 0 unspecified atom stereocenters. The summed E-state index contributed by atoms with van der Waals surface area (Å²) in [4.78, 5) is 7.71. The second-order valence-corrected chi connectivity index (χ2v) is 6.67. The summed E-state index contributed by atoms with van der Waals surface area (Å²) in [6.07, 6.45) is -3.43. The van der Waals surface area contributed by atoms with Crippen LogP contribution in [0.15, 0.2) is 12.1 Å². The third-order valence-corrected chi connectivity index (χ3v) is 4.45. The topological polar surface area (TPSA) is 48.8 Å². The quantitative estimate of drug-likeness (QED) is 0.901. The van der Waals surface area contributed by atoms with Crippen LogP contribution in [0.4, 0.5) is 13.2 Å². The highest BCUT2D eigenvalue weighted by Gasteiger charge is 2.34. The minimum absolute atomic E-state index is 0.0375. The van der Waals surface area contributed by atoms with Crippen LogP contribution in [-0.4, -0.2) is 65.3 Å². The molecule has 0 aromatic carbocycles. The fraction of sp³-hybridized carbons (Fsp3) is 0.688. The van der Waals surface area contributed by atoms with Gasteiger partial charge in [-0.3, -0.25) is 4.90 Å². The predicted molar refractivity (Wildman–Crippen MR) is 81.7 cm³/mol. The molecule has 0 bridgehead atoms. The van der Waals surface area contributed by atoms with E-state index in [0.717, 1.165) is 32.0 Å². The van der Waals surface area contributed by atoms with Gasteiger partial charge < -0.3 is 14.7 Å². The van der Waals surface area contributed by atoms with Crippen LogP contribution in [-0.2, 0) is 12.7 Å². The summed E-state index contributed by atoms with van der Waals surface area (Å²) in [5.74, 6) is 0.0375. The van der Waals surface area contributed by atoms with E-state index in [1.165, 1.54) is 0 Å². The highest BCUT2D eigenvalue weighted by molar-refractivity contribution is 5.27. The molecule has 2 aliphatic heterocycles. The lowest BCUT2D eigenvalue weighted by Crippen LogP contribution is -2.49. The third kappa shape index (κ3) is 4.37. The number of ether oxygens (including phenoxy) is 1. The SMILES string of the molecule is CN1CCC(Oc2cc(CN3CC(O)C3)cc(C(F)(F)F)n2)CC1. The van der Waals surface area contributed by atoms with Crippen molar-refractivity contribution in [2.24, 2.45) is 0 Å². The average molecular weight is 345 g/mol. The third-order valence-electron chi connectivity index (χ3n) is 4.45. The van der Waals surface area contributed by atoms with E-state index in [9.17, 15) is 18.3 Å². The lowest BCUT2D eigenvalue weighted by molar-refractivity contribution is -0.141. The Morgan fingerprint density at radius 2 is 1.92 bits per heavy atom. The minimum Gasteiger partial charge on any atom is -0.474 e. The summed E-state index contributed by atoms with van der Waals surface area (Å²) in [5, 5.41) is 9.31. The van der Waals surface area contributed by atoms with Gasteiger partial charge in [0.05, 0.1) is 6.10 Å². The Bertz CT molecular complexity index is 568. The number of β-amino-alcohol motifs (C(OH)–C–C–N with tert-alkyl or cyclic N) is 1. The summed E-state index contributed by atoms with van der Waals surface area (Å²) >= 11 is 0. The van der Waals surface area contributed by atoms with Gasteiger partial charge in [0.2, 0.25) is 5.88 Å². The molecule has 0 spiro atoms. The Morgan fingerprint density at radius 1 is 1.25 bits per heavy atom. The molecule has 1 aromatic rings. The zero-order chi connectivity index (χ0) is 17.3. The van der Waals surface area contributed by atoms with Gasteiger partial charge in [-0.25, -0.2) is 4.98 Å². The number of aliphatic hydroxyl groups excluding tert-OH is 1. The number of rotatable bonds is 4. The van der Waals surface area contributed by atoms with Crippen molar-refractivity contribution in [2.45, 2.75) is 37.8 Å². The Balaban J connectivity index is 1.74. The lowest BCUT2D eigenvalue weighted by Gasteiger charge is -2.36. The van der Waals surface area contributed by atoms with Gasteiger partial charge in [-0.05, 0) is 31.5 Å². The first-order valence-corrected chi connectivity index (χ1v) is 8.13. The van der Waals surface area contributed by atoms with Gasteiger partial charge in [0.25, 0.3) is 0 Å². The molecular weight excluding hydrogens is 323 g/mol. The predicted octanol–water partition coefficient (Wildman–Crippen LogP) is 1.75. The Hall–Kier alpha value is -1.38. The Kier molecular flexibility index (Phi) is 4.98. The zero-order valence-electron chi connectivity index (χ0n) is 13.6. The fourth-order valence-corrected chi connectivity index (χ4v) is 3.06. The molecule has 0 radical (unpaired) electrons. The number of aromatic nitrogens is 1. The second kappa shape index (κ2) is 6.85. The summed E-state index contributed by atoms with van der Waals surface area (Å²) < 4.78 is 45.0. The van der Waals surface area contributed by atoms with Gasteiger partial charge in [0.1, 0.15) is 11.8 Å². The number of hydrogen-bond acceptors (Lipinski definition) is 5. The highest BCUT2D eigenvalue weighted by atomic mass is 19.4. The number of hydrogen-bond donors (Lipinski definition) is 1. The standard InChI is InChI=1S/C16H22F3N3O2/c1-21-4-2-13(3-5-21)24-15-7-11(8-22-9-12(23)10-22)6-14(20-15)16(17,18)19/h6-7,12-13,23H,2-5,8-10H2,1H3. The van der Waals surface area contributed by atoms with E-state index in [1.54, 1.807) is 6.07 Å². The summed E-state index contributed by atoms with van der Waals surface area (Å²) in [6.45, 7) is 3.04. The number of nitrogens with zero attached hydrogens (tertiary/aromatic N) is 3. The minimum atomic E-state index is -4.50. The van der Waals surface area contributed by atoms with E-state index in [1.807, 2.05) is 11.9 Å². The molecule has 0 aliphatic carbocycles. The zero-order valence-corrected chi connectivity index (χ0v) is 13.6. The Labute approximate surface area is 139 Å². The van der Waals surface area contributed by atoms with Crippen molar-refractivity contribution < 1.29 is 23.0 Å². The highest BCUT2D eigenvalue weighted by Crippen LogP contribution is 2.31. The lowest BCUT2D eigenvalue weighted by atomic mass is 10.1. The molecule has 0 saturated carbocycles. The van der Waals surface area contributed by atoms with Crippen molar-refractivity contribution in [3.8, 4) is 5.88 Å². The number of halogens is 3. The molecule has 3 heterocycles. The normalized spacial score (nSPS) is 21.7. The molecule has 8 heteroatoms. The first-order valence-electron chi connectivity index (χ1n) is 8.13. The van der Waals surface area contributed by atoms with E-state index < -0.39 is 11.9 Å². The molecule has 134 valence electrons. The molecule has 1 N–H and O–H groups in total. The molecule has 2 saturated heterocycles. The van der Waals surface area contributed by atoms with Gasteiger partial charge in [0, 0.05) is 38.8 Å². The van der Waals surface area contributed by atoms with Gasteiger partial charge in [-0.1, -0.05) is 0 Å². The Morgan fingerprint density at radius 3 is 2.50 bits per heavy atom. The van der Waals surface area contributed by atoms with Crippen molar-refractivity contribution in [1.82, 2.24) is 14.8 Å².